The van der Waals surface area contributed by atoms with Crippen molar-refractivity contribution in [3.05, 3.63) is 71.3 Å². The second-order valence-electron chi connectivity index (χ2n) is 7.11. The molecule has 1 unspecified atom stereocenters. The molecule has 1 atom stereocenters. The maximum absolute atomic E-state index is 12.1. The Labute approximate surface area is 166 Å². The van der Waals surface area contributed by atoms with Gasteiger partial charge in [0.1, 0.15) is 0 Å². The highest BCUT2D eigenvalue weighted by molar-refractivity contribution is 6.01. The first kappa shape index (κ1) is 20.3. The number of rotatable bonds is 7. The van der Waals surface area contributed by atoms with Crippen LogP contribution < -0.4 is 5.32 Å². The SMILES string of the molecule is Cc1ccc(/C=C/C(=O)Nc2ccc(C(O)CCN3CCOCC3)cc2)cc1. The first-order valence-corrected chi connectivity index (χ1v) is 9.74. The molecule has 1 aliphatic heterocycles. The number of ether oxygens (including phenoxy) is 1. The van der Waals surface area contributed by atoms with Gasteiger partial charge in [0.15, 0.2) is 0 Å². The van der Waals surface area contributed by atoms with Gasteiger partial charge in [0.05, 0.1) is 19.3 Å². The fourth-order valence-electron chi connectivity index (χ4n) is 3.12. The van der Waals surface area contributed by atoms with Gasteiger partial charge in [-0.05, 0) is 42.7 Å². The minimum absolute atomic E-state index is 0.179. The lowest BCUT2D eigenvalue weighted by atomic mass is 10.1. The zero-order valence-corrected chi connectivity index (χ0v) is 16.3. The second kappa shape index (κ2) is 10.2. The van der Waals surface area contributed by atoms with Crippen LogP contribution in [-0.4, -0.2) is 48.8 Å². The van der Waals surface area contributed by atoms with Crippen molar-refractivity contribution in [2.75, 3.05) is 38.2 Å². The summed E-state index contributed by atoms with van der Waals surface area (Å²) in [4.78, 5) is 14.4. The van der Waals surface area contributed by atoms with E-state index in [0.717, 1.165) is 44.0 Å². The van der Waals surface area contributed by atoms with Gasteiger partial charge in [-0.15, -0.1) is 0 Å². The summed E-state index contributed by atoms with van der Waals surface area (Å²) in [5.41, 5.74) is 3.75. The number of aliphatic hydroxyl groups is 1. The Kier molecular flexibility index (Phi) is 7.37. The number of benzene rings is 2. The number of carbonyl (C=O) groups is 1. The van der Waals surface area contributed by atoms with E-state index in [4.69, 9.17) is 4.74 Å². The van der Waals surface area contributed by atoms with Crippen LogP contribution in [0.5, 0.6) is 0 Å². The monoisotopic (exact) mass is 380 g/mol. The van der Waals surface area contributed by atoms with Crippen LogP contribution in [0, 0.1) is 6.92 Å². The summed E-state index contributed by atoms with van der Waals surface area (Å²) >= 11 is 0. The Balaban J connectivity index is 1.47. The number of amides is 1. The maximum Gasteiger partial charge on any atom is 0.248 e. The first-order valence-electron chi connectivity index (χ1n) is 9.74. The van der Waals surface area contributed by atoms with Crippen molar-refractivity contribution in [3.8, 4) is 0 Å². The molecule has 1 heterocycles. The third-order valence-electron chi connectivity index (χ3n) is 4.89. The van der Waals surface area contributed by atoms with Crippen LogP contribution in [0.3, 0.4) is 0 Å². The van der Waals surface area contributed by atoms with Gasteiger partial charge < -0.3 is 15.2 Å². The number of aliphatic hydroxyl groups excluding tert-OH is 1. The van der Waals surface area contributed by atoms with Crippen molar-refractivity contribution in [2.24, 2.45) is 0 Å². The van der Waals surface area contributed by atoms with Crippen molar-refractivity contribution in [1.29, 1.82) is 0 Å². The number of aryl methyl sites for hydroxylation is 1. The van der Waals surface area contributed by atoms with Gasteiger partial charge in [0.2, 0.25) is 5.91 Å². The van der Waals surface area contributed by atoms with Crippen LogP contribution in [0.15, 0.2) is 54.6 Å². The zero-order chi connectivity index (χ0) is 19.8. The van der Waals surface area contributed by atoms with Gasteiger partial charge in [-0.3, -0.25) is 9.69 Å². The highest BCUT2D eigenvalue weighted by Gasteiger charge is 2.13. The minimum atomic E-state index is -0.506. The summed E-state index contributed by atoms with van der Waals surface area (Å²) in [6.07, 6.45) is 3.49. The molecule has 5 nitrogen and oxygen atoms in total. The molecule has 1 amide bonds. The molecular formula is C23H28N2O3. The molecule has 1 saturated heterocycles. The topological polar surface area (TPSA) is 61.8 Å². The van der Waals surface area contributed by atoms with Gasteiger partial charge in [-0.25, -0.2) is 0 Å². The molecule has 1 fully saturated rings. The van der Waals surface area contributed by atoms with Crippen LogP contribution >= 0.6 is 0 Å². The van der Waals surface area contributed by atoms with Crippen molar-refractivity contribution in [1.82, 2.24) is 4.90 Å². The molecule has 148 valence electrons. The first-order chi connectivity index (χ1) is 13.6. The van der Waals surface area contributed by atoms with E-state index in [-0.39, 0.29) is 5.91 Å². The van der Waals surface area contributed by atoms with Gasteiger partial charge >= 0.3 is 0 Å². The quantitative estimate of drug-likeness (QED) is 0.723. The van der Waals surface area contributed by atoms with Crippen molar-refractivity contribution >= 4 is 17.7 Å². The van der Waals surface area contributed by atoms with E-state index >= 15 is 0 Å². The van der Waals surface area contributed by atoms with E-state index in [9.17, 15) is 9.90 Å². The molecule has 3 rings (SSSR count). The molecule has 5 heteroatoms. The Morgan fingerprint density at radius 3 is 2.50 bits per heavy atom. The number of anilines is 1. The summed E-state index contributed by atoms with van der Waals surface area (Å²) in [7, 11) is 0. The number of carbonyl (C=O) groups excluding carboxylic acids is 1. The van der Waals surface area contributed by atoms with E-state index in [1.807, 2.05) is 55.5 Å². The van der Waals surface area contributed by atoms with E-state index in [0.29, 0.717) is 12.1 Å². The van der Waals surface area contributed by atoms with Crippen molar-refractivity contribution in [3.63, 3.8) is 0 Å². The Morgan fingerprint density at radius 1 is 1.14 bits per heavy atom. The van der Waals surface area contributed by atoms with Crippen LogP contribution in [0.25, 0.3) is 6.08 Å². The van der Waals surface area contributed by atoms with Gasteiger partial charge in [-0.2, -0.15) is 0 Å². The molecule has 0 saturated carbocycles. The zero-order valence-electron chi connectivity index (χ0n) is 16.3. The van der Waals surface area contributed by atoms with E-state index < -0.39 is 6.10 Å². The average molecular weight is 380 g/mol. The molecule has 0 aromatic heterocycles. The Hall–Kier alpha value is -2.47. The normalized spacial score (nSPS) is 16.2. The molecule has 0 radical (unpaired) electrons. The van der Waals surface area contributed by atoms with Crippen molar-refractivity contribution < 1.29 is 14.6 Å². The smallest absolute Gasteiger partial charge is 0.248 e. The summed E-state index contributed by atoms with van der Waals surface area (Å²) < 4.78 is 5.34. The molecular weight excluding hydrogens is 352 g/mol. The number of nitrogens with one attached hydrogen (secondary N) is 1. The van der Waals surface area contributed by atoms with E-state index in [2.05, 4.69) is 10.2 Å². The van der Waals surface area contributed by atoms with Gasteiger partial charge in [0.25, 0.3) is 0 Å². The lowest BCUT2D eigenvalue weighted by molar-refractivity contribution is -0.111. The fraction of sp³-hybridized carbons (Fsp3) is 0.348. The molecule has 0 aliphatic carbocycles. The van der Waals surface area contributed by atoms with Crippen LogP contribution in [0.4, 0.5) is 5.69 Å². The minimum Gasteiger partial charge on any atom is -0.388 e. The molecule has 28 heavy (non-hydrogen) atoms. The summed E-state index contributed by atoms with van der Waals surface area (Å²) in [6, 6.07) is 15.4. The van der Waals surface area contributed by atoms with Gasteiger partial charge in [-0.1, -0.05) is 42.0 Å². The second-order valence-corrected chi connectivity index (χ2v) is 7.11. The van der Waals surface area contributed by atoms with Crippen LogP contribution in [0.2, 0.25) is 0 Å². The standard InChI is InChI=1S/C23H28N2O3/c1-18-2-4-19(5-3-18)6-11-23(27)24-21-9-7-20(8-10-21)22(26)12-13-25-14-16-28-17-15-25/h2-11,22,26H,12-17H2,1H3,(H,24,27)/b11-6+. The molecule has 1 aliphatic rings. The number of hydrogen-bond acceptors (Lipinski definition) is 4. The predicted molar refractivity (Wildman–Crippen MR) is 112 cm³/mol. The number of nitrogens with zero attached hydrogens (tertiary/aromatic N) is 1. The fourth-order valence-corrected chi connectivity index (χ4v) is 3.12. The molecule has 0 bridgehead atoms. The van der Waals surface area contributed by atoms with Crippen LogP contribution in [-0.2, 0) is 9.53 Å². The summed E-state index contributed by atoms with van der Waals surface area (Å²) in [5.74, 6) is -0.179. The molecule has 2 aromatic carbocycles. The number of morpholine rings is 1. The highest BCUT2D eigenvalue weighted by atomic mass is 16.5. The largest absolute Gasteiger partial charge is 0.388 e. The predicted octanol–water partition coefficient (Wildman–Crippen LogP) is 3.40. The molecule has 2 N–H and O–H groups in total. The van der Waals surface area contributed by atoms with Gasteiger partial charge in [0, 0.05) is 31.4 Å². The average Bonchev–Trinajstić information content (AvgIpc) is 2.73. The number of hydrogen-bond donors (Lipinski definition) is 2. The lowest BCUT2D eigenvalue weighted by Gasteiger charge is -2.27. The highest BCUT2D eigenvalue weighted by Crippen LogP contribution is 2.20. The Bertz CT molecular complexity index is 778. The Morgan fingerprint density at radius 2 is 1.82 bits per heavy atom. The van der Waals surface area contributed by atoms with E-state index in [1.54, 1.807) is 6.08 Å². The lowest BCUT2D eigenvalue weighted by Crippen LogP contribution is -2.37. The third kappa shape index (κ3) is 6.30. The maximum atomic E-state index is 12.1. The molecule has 0 spiro atoms. The summed E-state index contributed by atoms with van der Waals surface area (Å²) in [5, 5.41) is 13.2. The van der Waals surface area contributed by atoms with E-state index in [1.165, 1.54) is 11.6 Å². The van der Waals surface area contributed by atoms with Crippen molar-refractivity contribution in [2.45, 2.75) is 19.4 Å². The van der Waals surface area contributed by atoms with Crippen LogP contribution in [0.1, 0.15) is 29.2 Å². The third-order valence-corrected chi connectivity index (χ3v) is 4.89. The molecule has 2 aromatic rings. The summed E-state index contributed by atoms with van der Waals surface area (Å²) in [6.45, 7) is 6.27.